The Morgan fingerprint density at radius 3 is 3.00 bits per heavy atom. The summed E-state index contributed by atoms with van der Waals surface area (Å²) >= 11 is 0. The van der Waals surface area contributed by atoms with Gasteiger partial charge in [-0.2, -0.15) is 0 Å². The van der Waals surface area contributed by atoms with Crippen molar-refractivity contribution in [2.45, 2.75) is 38.6 Å². The van der Waals surface area contributed by atoms with Gasteiger partial charge >= 0.3 is 0 Å². The highest BCUT2D eigenvalue weighted by atomic mass is 16.5. The van der Waals surface area contributed by atoms with E-state index in [9.17, 15) is 0 Å². The van der Waals surface area contributed by atoms with Gasteiger partial charge in [0.1, 0.15) is 0 Å². The number of nitrogens with zero attached hydrogens (tertiary/aromatic N) is 1. The first-order chi connectivity index (χ1) is 6.88. The van der Waals surface area contributed by atoms with Crippen LogP contribution in [0.5, 0.6) is 0 Å². The molecule has 0 aromatic carbocycles. The third-order valence-corrected chi connectivity index (χ3v) is 2.88. The normalized spacial score (nSPS) is 24.0. The van der Waals surface area contributed by atoms with Crippen molar-refractivity contribution in [3.63, 3.8) is 0 Å². The van der Waals surface area contributed by atoms with Crippen molar-refractivity contribution in [1.82, 2.24) is 4.90 Å². The molecule has 0 spiro atoms. The highest BCUT2D eigenvalue weighted by molar-refractivity contribution is 4.74. The smallest absolute Gasteiger partial charge is 0.0622 e. The first kappa shape index (κ1) is 12.0. The number of aliphatic hydroxyl groups is 1. The van der Waals surface area contributed by atoms with E-state index in [1.807, 2.05) is 0 Å². The Morgan fingerprint density at radius 2 is 2.29 bits per heavy atom. The van der Waals surface area contributed by atoms with E-state index in [2.05, 4.69) is 11.8 Å². The van der Waals surface area contributed by atoms with Crippen molar-refractivity contribution in [3.05, 3.63) is 0 Å². The summed E-state index contributed by atoms with van der Waals surface area (Å²) < 4.78 is 5.47. The maximum Gasteiger partial charge on any atom is 0.0622 e. The molecule has 0 radical (unpaired) electrons. The minimum absolute atomic E-state index is 0.268. The maximum atomic E-state index is 8.93. The van der Waals surface area contributed by atoms with Gasteiger partial charge in [0.15, 0.2) is 0 Å². The molecule has 1 aliphatic heterocycles. The Balaban J connectivity index is 2.22. The lowest BCUT2D eigenvalue weighted by Crippen LogP contribution is -2.46. The van der Waals surface area contributed by atoms with E-state index in [0.717, 1.165) is 26.3 Å². The fourth-order valence-corrected chi connectivity index (χ4v) is 2.01. The van der Waals surface area contributed by atoms with Crippen molar-refractivity contribution in [3.8, 4) is 0 Å². The minimum Gasteiger partial charge on any atom is -0.395 e. The topological polar surface area (TPSA) is 32.7 Å². The van der Waals surface area contributed by atoms with Gasteiger partial charge in [-0.1, -0.05) is 26.2 Å². The van der Waals surface area contributed by atoms with Crippen LogP contribution in [0.4, 0.5) is 0 Å². The molecule has 84 valence electrons. The molecule has 1 atom stereocenters. The van der Waals surface area contributed by atoms with Gasteiger partial charge in [0.25, 0.3) is 0 Å². The van der Waals surface area contributed by atoms with Crippen LogP contribution in [0.2, 0.25) is 0 Å². The lowest BCUT2D eigenvalue weighted by molar-refractivity contribution is -0.0170. The van der Waals surface area contributed by atoms with Gasteiger partial charge in [-0.15, -0.1) is 0 Å². The third-order valence-electron chi connectivity index (χ3n) is 2.88. The SMILES string of the molecule is CCCCCC1COCCN1CCO. The fraction of sp³-hybridized carbons (Fsp3) is 1.00. The summed E-state index contributed by atoms with van der Waals surface area (Å²) in [7, 11) is 0. The molecule has 0 saturated carbocycles. The molecule has 3 nitrogen and oxygen atoms in total. The molecule has 3 heteroatoms. The van der Waals surface area contributed by atoms with Crippen LogP contribution in [0.15, 0.2) is 0 Å². The number of hydrogen-bond donors (Lipinski definition) is 1. The Labute approximate surface area is 87.1 Å². The molecule has 1 saturated heterocycles. The lowest BCUT2D eigenvalue weighted by Gasteiger charge is -2.35. The summed E-state index contributed by atoms with van der Waals surface area (Å²) in [5.41, 5.74) is 0. The molecule has 1 aliphatic rings. The van der Waals surface area contributed by atoms with Gasteiger partial charge in [-0.25, -0.2) is 0 Å². The van der Waals surface area contributed by atoms with Crippen LogP contribution in [0.3, 0.4) is 0 Å². The molecule has 1 N–H and O–H groups in total. The van der Waals surface area contributed by atoms with Crippen molar-refractivity contribution in [1.29, 1.82) is 0 Å². The number of β-amino-alcohol motifs (C(OH)–C–C–N with tert-alkyl or cyclic N) is 1. The van der Waals surface area contributed by atoms with E-state index in [1.165, 1.54) is 25.7 Å². The van der Waals surface area contributed by atoms with Gasteiger partial charge < -0.3 is 9.84 Å². The first-order valence-corrected chi connectivity index (χ1v) is 5.81. The molecule has 1 rings (SSSR count). The van der Waals surface area contributed by atoms with Crippen molar-refractivity contribution < 1.29 is 9.84 Å². The highest BCUT2D eigenvalue weighted by Gasteiger charge is 2.21. The number of hydrogen-bond acceptors (Lipinski definition) is 3. The standard InChI is InChI=1S/C11H23NO2/c1-2-3-4-5-11-10-14-9-7-12(11)6-8-13/h11,13H,2-10H2,1H3. The Hall–Kier alpha value is -0.120. The van der Waals surface area contributed by atoms with Crippen LogP contribution in [-0.2, 0) is 4.74 Å². The third kappa shape index (κ3) is 3.95. The van der Waals surface area contributed by atoms with Crippen LogP contribution in [0, 0.1) is 0 Å². The summed E-state index contributed by atoms with van der Waals surface area (Å²) in [6, 6.07) is 0.544. The largest absolute Gasteiger partial charge is 0.395 e. The zero-order valence-corrected chi connectivity index (χ0v) is 9.24. The zero-order chi connectivity index (χ0) is 10.2. The molecular weight excluding hydrogens is 178 g/mol. The van der Waals surface area contributed by atoms with Crippen LogP contribution in [-0.4, -0.2) is 49.0 Å². The van der Waals surface area contributed by atoms with Crippen molar-refractivity contribution in [2.24, 2.45) is 0 Å². The van der Waals surface area contributed by atoms with E-state index in [4.69, 9.17) is 9.84 Å². The van der Waals surface area contributed by atoms with Crippen molar-refractivity contribution in [2.75, 3.05) is 32.9 Å². The van der Waals surface area contributed by atoms with Crippen LogP contribution in [0.1, 0.15) is 32.6 Å². The number of aliphatic hydroxyl groups excluding tert-OH is 1. The Bertz CT molecular complexity index is 139. The molecule has 0 bridgehead atoms. The number of morpholine rings is 1. The summed E-state index contributed by atoms with van der Waals surface area (Å²) in [6.07, 6.45) is 5.08. The summed E-state index contributed by atoms with van der Waals surface area (Å²) in [5, 5.41) is 8.93. The predicted octanol–water partition coefficient (Wildman–Crippen LogP) is 1.26. The first-order valence-electron chi connectivity index (χ1n) is 5.81. The molecule has 0 aromatic rings. The molecule has 0 aliphatic carbocycles. The molecule has 14 heavy (non-hydrogen) atoms. The number of unbranched alkanes of at least 4 members (excludes halogenated alkanes) is 2. The predicted molar refractivity (Wildman–Crippen MR) is 57.4 cm³/mol. The summed E-state index contributed by atoms with van der Waals surface area (Å²) in [5.74, 6) is 0. The van der Waals surface area contributed by atoms with Crippen LogP contribution >= 0.6 is 0 Å². The van der Waals surface area contributed by atoms with Crippen LogP contribution < -0.4 is 0 Å². The van der Waals surface area contributed by atoms with Gasteiger partial charge in [0.05, 0.1) is 19.8 Å². The maximum absolute atomic E-state index is 8.93. The molecule has 0 amide bonds. The Morgan fingerprint density at radius 1 is 1.43 bits per heavy atom. The van der Waals surface area contributed by atoms with Gasteiger partial charge in [-0.3, -0.25) is 4.90 Å². The van der Waals surface area contributed by atoms with E-state index < -0.39 is 0 Å². The highest BCUT2D eigenvalue weighted by Crippen LogP contribution is 2.13. The minimum atomic E-state index is 0.268. The summed E-state index contributed by atoms with van der Waals surface area (Å²) in [6.45, 7) is 5.96. The summed E-state index contributed by atoms with van der Waals surface area (Å²) in [4.78, 5) is 2.36. The quantitative estimate of drug-likeness (QED) is 0.657. The van der Waals surface area contributed by atoms with Gasteiger partial charge in [0, 0.05) is 19.1 Å². The lowest BCUT2D eigenvalue weighted by atomic mass is 10.1. The molecule has 1 fully saturated rings. The zero-order valence-electron chi connectivity index (χ0n) is 9.24. The Kier molecular flexibility index (Phi) is 6.15. The van der Waals surface area contributed by atoms with Crippen molar-refractivity contribution >= 4 is 0 Å². The van der Waals surface area contributed by atoms with E-state index in [1.54, 1.807) is 0 Å². The molecule has 0 aromatic heterocycles. The average molecular weight is 201 g/mol. The van der Waals surface area contributed by atoms with Crippen LogP contribution in [0.25, 0.3) is 0 Å². The average Bonchev–Trinajstić information content (AvgIpc) is 2.21. The molecular formula is C11H23NO2. The number of ether oxygens (including phenoxy) is 1. The molecule has 1 unspecified atom stereocenters. The van der Waals surface area contributed by atoms with E-state index in [-0.39, 0.29) is 6.61 Å². The second-order valence-corrected chi connectivity index (χ2v) is 3.98. The van der Waals surface area contributed by atoms with E-state index in [0.29, 0.717) is 6.04 Å². The van der Waals surface area contributed by atoms with Gasteiger partial charge in [0.2, 0.25) is 0 Å². The van der Waals surface area contributed by atoms with E-state index >= 15 is 0 Å². The van der Waals surface area contributed by atoms with Gasteiger partial charge in [-0.05, 0) is 6.42 Å². The fourth-order valence-electron chi connectivity index (χ4n) is 2.01. The molecule has 1 heterocycles. The monoisotopic (exact) mass is 201 g/mol. The second kappa shape index (κ2) is 7.21. The number of rotatable bonds is 6. The second-order valence-electron chi connectivity index (χ2n) is 3.98.